The van der Waals surface area contributed by atoms with Crippen LogP contribution in [0.4, 0.5) is 0 Å². The van der Waals surface area contributed by atoms with Gasteiger partial charge in [-0.15, -0.1) is 0 Å². The third-order valence-corrected chi connectivity index (χ3v) is 4.90. The molecule has 0 unspecified atom stereocenters. The molecule has 0 bridgehead atoms. The minimum atomic E-state index is -0.264. The van der Waals surface area contributed by atoms with Crippen LogP contribution in [0, 0.1) is 0 Å². The molecule has 0 radical (unpaired) electrons. The van der Waals surface area contributed by atoms with Gasteiger partial charge >= 0.3 is 0 Å². The van der Waals surface area contributed by atoms with E-state index < -0.39 is 0 Å². The van der Waals surface area contributed by atoms with Gasteiger partial charge < -0.3 is 9.47 Å². The number of benzene rings is 4. The first-order valence-corrected chi connectivity index (χ1v) is 10.5. The molecule has 0 aromatic heterocycles. The lowest BCUT2D eigenvalue weighted by atomic mass is 10.1. The van der Waals surface area contributed by atoms with Crippen LogP contribution in [0.15, 0.2) is 96.1 Å². The van der Waals surface area contributed by atoms with Gasteiger partial charge in [-0.1, -0.05) is 60.7 Å². The Balaban J connectivity index is 1.42. The standard InChI is InChI=1S/C27H24N2O3/c1-2-31-26-16-21(12-15-25(26)32-19-20-8-4-3-5-9-20)18-28-29-27(30)24-14-13-22-10-6-7-11-23(22)17-24/h3-18H,2,19H2,1H3,(H,29,30)/b28-18-. The van der Waals surface area contributed by atoms with Crippen molar-refractivity contribution in [3.8, 4) is 11.5 Å². The van der Waals surface area contributed by atoms with Crippen molar-refractivity contribution in [3.05, 3.63) is 108 Å². The van der Waals surface area contributed by atoms with Crippen LogP contribution in [0.2, 0.25) is 0 Å². The third kappa shape index (κ3) is 5.32. The normalized spacial score (nSPS) is 10.9. The monoisotopic (exact) mass is 424 g/mol. The van der Waals surface area contributed by atoms with Gasteiger partial charge in [-0.05, 0) is 59.2 Å². The molecule has 32 heavy (non-hydrogen) atoms. The second kappa shape index (κ2) is 10.3. The van der Waals surface area contributed by atoms with Crippen molar-refractivity contribution in [1.82, 2.24) is 5.43 Å². The maximum absolute atomic E-state index is 12.5. The Morgan fingerprint density at radius 2 is 1.62 bits per heavy atom. The Hall–Kier alpha value is -4.12. The van der Waals surface area contributed by atoms with Crippen LogP contribution in [-0.4, -0.2) is 18.7 Å². The fraction of sp³-hybridized carbons (Fsp3) is 0.111. The second-order valence-electron chi connectivity index (χ2n) is 7.17. The molecule has 0 aliphatic rings. The minimum Gasteiger partial charge on any atom is -0.490 e. The number of nitrogens with zero attached hydrogens (tertiary/aromatic N) is 1. The predicted octanol–water partition coefficient (Wildman–Crippen LogP) is 5.58. The second-order valence-corrected chi connectivity index (χ2v) is 7.17. The Morgan fingerprint density at radius 1 is 0.844 bits per heavy atom. The van der Waals surface area contributed by atoms with Crippen molar-refractivity contribution < 1.29 is 14.3 Å². The molecular formula is C27H24N2O3. The molecule has 4 aromatic carbocycles. The van der Waals surface area contributed by atoms with Crippen molar-refractivity contribution in [2.24, 2.45) is 5.10 Å². The molecule has 0 saturated carbocycles. The van der Waals surface area contributed by atoms with Gasteiger partial charge in [0.15, 0.2) is 11.5 Å². The summed E-state index contributed by atoms with van der Waals surface area (Å²) in [6.07, 6.45) is 1.59. The number of hydrogen-bond acceptors (Lipinski definition) is 4. The van der Waals surface area contributed by atoms with E-state index in [0.717, 1.165) is 21.9 Å². The summed E-state index contributed by atoms with van der Waals surface area (Å²) in [4.78, 5) is 12.5. The molecule has 0 atom stereocenters. The summed E-state index contributed by atoms with van der Waals surface area (Å²) in [7, 11) is 0. The van der Waals surface area contributed by atoms with Gasteiger partial charge in [-0.25, -0.2) is 5.43 Å². The molecule has 0 fully saturated rings. The number of rotatable bonds is 8. The zero-order valence-electron chi connectivity index (χ0n) is 17.8. The molecule has 0 heterocycles. The van der Waals surface area contributed by atoms with E-state index in [1.54, 1.807) is 12.3 Å². The average Bonchev–Trinajstić information content (AvgIpc) is 2.84. The van der Waals surface area contributed by atoms with E-state index in [4.69, 9.17) is 9.47 Å². The molecule has 4 aromatic rings. The molecule has 160 valence electrons. The number of nitrogens with one attached hydrogen (secondary N) is 1. The number of fused-ring (bicyclic) bond motifs is 1. The van der Waals surface area contributed by atoms with Gasteiger partial charge in [0.2, 0.25) is 0 Å². The largest absolute Gasteiger partial charge is 0.490 e. The van der Waals surface area contributed by atoms with E-state index in [0.29, 0.717) is 30.3 Å². The lowest BCUT2D eigenvalue weighted by Gasteiger charge is -2.12. The first kappa shape index (κ1) is 21.1. The summed E-state index contributed by atoms with van der Waals surface area (Å²) in [5.41, 5.74) is 5.01. The van der Waals surface area contributed by atoms with E-state index in [1.807, 2.05) is 91.9 Å². The van der Waals surface area contributed by atoms with Gasteiger partial charge in [-0.2, -0.15) is 5.10 Å². The Morgan fingerprint density at radius 3 is 2.44 bits per heavy atom. The van der Waals surface area contributed by atoms with Gasteiger partial charge in [0.25, 0.3) is 5.91 Å². The maximum atomic E-state index is 12.5. The molecule has 1 amide bonds. The molecule has 0 aliphatic heterocycles. The van der Waals surface area contributed by atoms with Crippen LogP contribution < -0.4 is 14.9 Å². The smallest absolute Gasteiger partial charge is 0.271 e. The fourth-order valence-electron chi connectivity index (χ4n) is 3.29. The van der Waals surface area contributed by atoms with E-state index >= 15 is 0 Å². The van der Waals surface area contributed by atoms with Gasteiger partial charge in [0, 0.05) is 5.56 Å². The lowest BCUT2D eigenvalue weighted by molar-refractivity contribution is 0.0955. The zero-order valence-corrected chi connectivity index (χ0v) is 17.8. The molecule has 0 spiro atoms. The highest BCUT2D eigenvalue weighted by Crippen LogP contribution is 2.29. The molecular weight excluding hydrogens is 400 g/mol. The summed E-state index contributed by atoms with van der Waals surface area (Å²) in [6, 6.07) is 29.0. The summed E-state index contributed by atoms with van der Waals surface area (Å²) >= 11 is 0. The van der Waals surface area contributed by atoms with Crippen molar-refractivity contribution >= 4 is 22.9 Å². The van der Waals surface area contributed by atoms with E-state index in [1.165, 1.54) is 0 Å². The Kier molecular flexibility index (Phi) is 6.78. The molecule has 0 aliphatic carbocycles. The topological polar surface area (TPSA) is 59.9 Å². The average molecular weight is 425 g/mol. The van der Waals surface area contributed by atoms with Crippen LogP contribution in [0.3, 0.4) is 0 Å². The molecule has 5 nitrogen and oxygen atoms in total. The van der Waals surface area contributed by atoms with Crippen molar-refractivity contribution in [2.75, 3.05) is 6.61 Å². The predicted molar refractivity (Wildman–Crippen MR) is 127 cm³/mol. The van der Waals surface area contributed by atoms with Crippen LogP contribution in [0.5, 0.6) is 11.5 Å². The highest BCUT2D eigenvalue weighted by Gasteiger charge is 2.08. The lowest BCUT2D eigenvalue weighted by Crippen LogP contribution is -2.17. The summed E-state index contributed by atoms with van der Waals surface area (Å²) in [5, 5.41) is 6.20. The summed E-state index contributed by atoms with van der Waals surface area (Å²) in [5.74, 6) is 1.03. The van der Waals surface area contributed by atoms with Gasteiger partial charge in [-0.3, -0.25) is 4.79 Å². The van der Waals surface area contributed by atoms with E-state index in [2.05, 4.69) is 10.5 Å². The van der Waals surface area contributed by atoms with E-state index in [-0.39, 0.29) is 5.91 Å². The fourth-order valence-corrected chi connectivity index (χ4v) is 3.29. The summed E-state index contributed by atoms with van der Waals surface area (Å²) < 4.78 is 11.7. The highest BCUT2D eigenvalue weighted by atomic mass is 16.5. The van der Waals surface area contributed by atoms with Crippen LogP contribution >= 0.6 is 0 Å². The number of carbonyl (C=O) groups is 1. The van der Waals surface area contributed by atoms with Crippen LogP contribution in [0.1, 0.15) is 28.4 Å². The van der Waals surface area contributed by atoms with Crippen molar-refractivity contribution in [1.29, 1.82) is 0 Å². The third-order valence-electron chi connectivity index (χ3n) is 4.90. The van der Waals surface area contributed by atoms with Crippen LogP contribution in [0.25, 0.3) is 10.8 Å². The molecule has 5 heteroatoms. The van der Waals surface area contributed by atoms with E-state index in [9.17, 15) is 4.79 Å². The van der Waals surface area contributed by atoms with Gasteiger partial charge in [0.1, 0.15) is 6.61 Å². The van der Waals surface area contributed by atoms with Gasteiger partial charge in [0.05, 0.1) is 12.8 Å². The first-order chi connectivity index (χ1) is 15.7. The highest BCUT2D eigenvalue weighted by molar-refractivity contribution is 5.99. The maximum Gasteiger partial charge on any atom is 0.271 e. The number of carbonyl (C=O) groups excluding carboxylic acids is 1. The minimum absolute atomic E-state index is 0.264. The Bertz CT molecular complexity index is 1240. The number of ether oxygens (including phenoxy) is 2. The van der Waals surface area contributed by atoms with Crippen LogP contribution in [-0.2, 0) is 6.61 Å². The van der Waals surface area contributed by atoms with Crippen molar-refractivity contribution in [3.63, 3.8) is 0 Å². The number of hydrazone groups is 1. The summed E-state index contributed by atoms with van der Waals surface area (Å²) in [6.45, 7) is 2.89. The molecule has 1 N–H and O–H groups in total. The SMILES string of the molecule is CCOc1cc(/C=N\NC(=O)c2ccc3ccccc3c2)ccc1OCc1ccccc1. The van der Waals surface area contributed by atoms with Crippen molar-refractivity contribution in [2.45, 2.75) is 13.5 Å². The molecule has 0 saturated heterocycles. The quantitative estimate of drug-likeness (QED) is 0.297. The Labute approximate surface area is 187 Å². The number of amides is 1. The number of hydrogen-bond donors (Lipinski definition) is 1. The molecule has 4 rings (SSSR count). The first-order valence-electron chi connectivity index (χ1n) is 10.5. The zero-order chi connectivity index (χ0) is 22.2.